The smallest absolute Gasteiger partial charge is 0.193 e. The maximum Gasteiger partial charge on any atom is 0.193 e. The van der Waals surface area contributed by atoms with E-state index in [0.717, 1.165) is 37.9 Å². The van der Waals surface area contributed by atoms with Crippen LogP contribution in [-0.4, -0.2) is 61.2 Å². The zero-order chi connectivity index (χ0) is 20.6. The number of nitrogens with zero attached hydrogens (tertiary/aromatic N) is 4. The number of benzene rings is 1. The van der Waals surface area contributed by atoms with Crippen molar-refractivity contribution in [1.29, 1.82) is 0 Å². The van der Waals surface area contributed by atoms with Crippen LogP contribution < -0.4 is 10.1 Å². The van der Waals surface area contributed by atoms with Crippen LogP contribution in [0.3, 0.4) is 0 Å². The maximum atomic E-state index is 5.68. The lowest BCUT2D eigenvalue weighted by atomic mass is 10.0. The molecule has 0 bridgehead atoms. The highest BCUT2D eigenvalue weighted by molar-refractivity contribution is 14.0. The maximum absolute atomic E-state index is 5.68. The summed E-state index contributed by atoms with van der Waals surface area (Å²) in [5.74, 6) is 1.86. The van der Waals surface area contributed by atoms with Gasteiger partial charge in [0.2, 0.25) is 0 Å². The molecular formula is C23H36IN5O. The first-order valence-electron chi connectivity index (χ1n) is 10.5. The van der Waals surface area contributed by atoms with Gasteiger partial charge in [-0.1, -0.05) is 24.6 Å². The number of piperidine rings is 1. The topological polar surface area (TPSA) is 45.0 Å². The highest BCUT2D eigenvalue weighted by Crippen LogP contribution is 2.30. The Morgan fingerprint density at radius 1 is 1.17 bits per heavy atom. The van der Waals surface area contributed by atoms with Gasteiger partial charge in [-0.15, -0.1) is 24.0 Å². The molecule has 1 aliphatic rings. The molecule has 1 unspecified atom stereocenters. The zero-order valence-corrected chi connectivity index (χ0v) is 21.0. The third-order valence-electron chi connectivity index (χ3n) is 5.81. The first-order chi connectivity index (χ1) is 14.1. The predicted molar refractivity (Wildman–Crippen MR) is 135 cm³/mol. The number of methoxy groups -OCH3 is 1. The third-order valence-corrected chi connectivity index (χ3v) is 5.81. The van der Waals surface area contributed by atoms with Crippen molar-refractivity contribution in [3.8, 4) is 5.75 Å². The van der Waals surface area contributed by atoms with E-state index in [9.17, 15) is 0 Å². The predicted octanol–water partition coefficient (Wildman–Crippen LogP) is 3.89. The van der Waals surface area contributed by atoms with Crippen LogP contribution in [0, 0.1) is 0 Å². The Kier molecular flexibility index (Phi) is 9.97. The summed E-state index contributed by atoms with van der Waals surface area (Å²) in [5.41, 5.74) is 2.50. The van der Waals surface area contributed by atoms with Crippen LogP contribution in [0.4, 0.5) is 0 Å². The van der Waals surface area contributed by atoms with Crippen LogP contribution in [0.2, 0.25) is 0 Å². The van der Waals surface area contributed by atoms with Crippen LogP contribution >= 0.6 is 24.0 Å². The number of guanidine groups is 1. The molecule has 1 fully saturated rings. The molecule has 0 spiro atoms. The highest BCUT2D eigenvalue weighted by atomic mass is 127. The van der Waals surface area contributed by atoms with Crippen molar-refractivity contribution in [2.24, 2.45) is 12.0 Å². The van der Waals surface area contributed by atoms with Crippen molar-refractivity contribution in [2.75, 3.05) is 40.8 Å². The lowest BCUT2D eigenvalue weighted by molar-refractivity contribution is 0.161. The minimum Gasteiger partial charge on any atom is -0.496 e. The Bertz CT molecular complexity index is 800. The molecule has 0 radical (unpaired) electrons. The van der Waals surface area contributed by atoms with Crippen molar-refractivity contribution >= 4 is 29.9 Å². The Labute approximate surface area is 198 Å². The molecule has 1 N–H and O–H groups in total. The average Bonchev–Trinajstić information content (AvgIpc) is 3.16. The number of aromatic nitrogens is 1. The van der Waals surface area contributed by atoms with Gasteiger partial charge in [0, 0.05) is 45.1 Å². The quantitative estimate of drug-likeness (QED) is 0.339. The molecule has 1 aromatic heterocycles. The zero-order valence-electron chi connectivity index (χ0n) is 18.7. The molecule has 166 valence electrons. The Morgan fingerprint density at radius 2 is 1.90 bits per heavy atom. The molecule has 1 aliphatic heterocycles. The van der Waals surface area contributed by atoms with Crippen LogP contribution in [0.25, 0.3) is 0 Å². The number of rotatable bonds is 7. The molecule has 1 saturated heterocycles. The number of halogens is 1. The van der Waals surface area contributed by atoms with E-state index in [0.29, 0.717) is 0 Å². The standard InChI is InChI=1S/C23H35N5O.HI/c1-24-23(27(3)18-19-11-10-14-26(19)2)25-17-21(28-15-8-5-9-16-28)20-12-6-7-13-22(20)29-4;/h6-7,10-14,21H,5,8-9,15-18H2,1-4H3,(H,24,25);1H. The summed E-state index contributed by atoms with van der Waals surface area (Å²) in [5, 5.41) is 3.62. The summed E-state index contributed by atoms with van der Waals surface area (Å²) in [6.07, 6.45) is 5.92. The summed E-state index contributed by atoms with van der Waals surface area (Å²) in [7, 11) is 7.77. The van der Waals surface area contributed by atoms with Gasteiger partial charge < -0.3 is 19.5 Å². The van der Waals surface area contributed by atoms with Gasteiger partial charge in [0.05, 0.1) is 19.7 Å². The summed E-state index contributed by atoms with van der Waals surface area (Å²) in [4.78, 5) is 9.28. The Morgan fingerprint density at radius 3 is 2.53 bits per heavy atom. The van der Waals surface area contributed by atoms with Crippen molar-refractivity contribution in [3.63, 3.8) is 0 Å². The first-order valence-corrected chi connectivity index (χ1v) is 10.5. The second-order valence-corrected chi connectivity index (χ2v) is 7.75. The second-order valence-electron chi connectivity index (χ2n) is 7.75. The molecule has 1 atom stereocenters. The van der Waals surface area contributed by atoms with Gasteiger partial charge >= 0.3 is 0 Å². The highest BCUT2D eigenvalue weighted by Gasteiger charge is 2.25. The van der Waals surface area contributed by atoms with E-state index in [4.69, 9.17) is 4.74 Å². The molecule has 3 rings (SSSR count). The monoisotopic (exact) mass is 525 g/mol. The van der Waals surface area contributed by atoms with Crippen molar-refractivity contribution in [3.05, 3.63) is 53.9 Å². The molecule has 1 aromatic carbocycles. The number of hydrogen-bond donors (Lipinski definition) is 1. The fraction of sp³-hybridized carbons (Fsp3) is 0.522. The Balaban J connectivity index is 0.00000320. The molecule has 30 heavy (non-hydrogen) atoms. The summed E-state index contributed by atoms with van der Waals surface area (Å²) in [6.45, 7) is 3.86. The Hall–Kier alpha value is -1.74. The molecule has 0 saturated carbocycles. The number of hydrogen-bond acceptors (Lipinski definition) is 3. The van der Waals surface area contributed by atoms with Gasteiger partial charge in [-0.25, -0.2) is 0 Å². The van der Waals surface area contributed by atoms with E-state index >= 15 is 0 Å². The van der Waals surface area contributed by atoms with Crippen LogP contribution in [-0.2, 0) is 13.6 Å². The van der Waals surface area contributed by atoms with Crippen molar-refractivity contribution in [2.45, 2.75) is 31.8 Å². The molecule has 7 heteroatoms. The van der Waals surface area contributed by atoms with Crippen LogP contribution in [0.15, 0.2) is 47.6 Å². The number of likely N-dealkylation sites (tertiary alicyclic amines) is 1. The van der Waals surface area contributed by atoms with E-state index in [1.807, 2.05) is 13.1 Å². The van der Waals surface area contributed by atoms with Gasteiger partial charge in [0.25, 0.3) is 0 Å². The lowest BCUT2D eigenvalue weighted by Gasteiger charge is -2.36. The number of aryl methyl sites for hydroxylation is 1. The van der Waals surface area contributed by atoms with Gasteiger partial charge in [0.1, 0.15) is 5.75 Å². The normalized spacial score (nSPS) is 15.9. The van der Waals surface area contributed by atoms with Gasteiger partial charge in [-0.2, -0.15) is 0 Å². The van der Waals surface area contributed by atoms with Gasteiger partial charge in [-0.3, -0.25) is 9.89 Å². The second kappa shape index (κ2) is 12.2. The SMILES string of the molecule is CN=C(NCC(c1ccccc1OC)N1CCCCC1)N(C)Cc1cccn1C.I. The molecule has 2 aromatic rings. The fourth-order valence-corrected chi connectivity index (χ4v) is 4.16. The minimum atomic E-state index is 0. The first kappa shape index (κ1) is 24.5. The lowest BCUT2D eigenvalue weighted by Crippen LogP contribution is -2.45. The van der Waals surface area contributed by atoms with E-state index in [-0.39, 0.29) is 30.0 Å². The molecule has 2 heterocycles. The number of nitrogens with one attached hydrogen (secondary N) is 1. The van der Waals surface area contributed by atoms with E-state index in [1.54, 1.807) is 7.11 Å². The van der Waals surface area contributed by atoms with E-state index in [1.165, 1.54) is 30.5 Å². The summed E-state index contributed by atoms with van der Waals surface area (Å²) in [6, 6.07) is 12.9. The van der Waals surface area contributed by atoms with Gasteiger partial charge in [-0.05, 0) is 44.1 Å². The van der Waals surface area contributed by atoms with Gasteiger partial charge in [0.15, 0.2) is 5.96 Å². The van der Waals surface area contributed by atoms with E-state index in [2.05, 4.69) is 75.3 Å². The molecule has 0 amide bonds. The average molecular weight is 525 g/mol. The largest absolute Gasteiger partial charge is 0.496 e. The molecule has 6 nitrogen and oxygen atoms in total. The minimum absolute atomic E-state index is 0. The third kappa shape index (κ3) is 6.14. The summed E-state index contributed by atoms with van der Waals surface area (Å²) >= 11 is 0. The molecule has 0 aliphatic carbocycles. The van der Waals surface area contributed by atoms with Crippen LogP contribution in [0.1, 0.15) is 36.6 Å². The van der Waals surface area contributed by atoms with Crippen LogP contribution in [0.5, 0.6) is 5.75 Å². The van der Waals surface area contributed by atoms with Crippen molar-refractivity contribution < 1.29 is 4.74 Å². The number of ether oxygens (including phenoxy) is 1. The van der Waals surface area contributed by atoms with E-state index < -0.39 is 0 Å². The molecular weight excluding hydrogens is 489 g/mol. The number of para-hydroxylation sites is 1. The fourth-order valence-electron chi connectivity index (χ4n) is 4.16. The number of aliphatic imine (C=N–C) groups is 1. The van der Waals surface area contributed by atoms with Crippen molar-refractivity contribution in [1.82, 2.24) is 19.7 Å². The summed E-state index contributed by atoms with van der Waals surface area (Å²) < 4.78 is 7.83.